The molecule has 5 heteroatoms. The monoisotopic (exact) mass is 376 g/mol. The number of halogens is 1. The van der Waals surface area contributed by atoms with E-state index in [1.54, 1.807) is 0 Å². The Morgan fingerprint density at radius 2 is 1.81 bits per heavy atom. The Morgan fingerprint density at radius 3 is 2.35 bits per heavy atom. The first-order valence-corrected chi connectivity index (χ1v) is 10.4. The Balaban J connectivity index is 1.52. The van der Waals surface area contributed by atoms with Crippen LogP contribution in [-0.4, -0.2) is 36.2 Å². The van der Waals surface area contributed by atoms with Crippen LogP contribution in [0.1, 0.15) is 50.5 Å². The van der Waals surface area contributed by atoms with Crippen molar-refractivity contribution in [2.24, 2.45) is 11.8 Å². The molecule has 1 aromatic carbocycles. The molecule has 0 aromatic heterocycles. The minimum Gasteiger partial charge on any atom is -0.393 e. The van der Waals surface area contributed by atoms with Crippen LogP contribution in [0.4, 0.5) is 0 Å². The van der Waals surface area contributed by atoms with Crippen molar-refractivity contribution < 1.29 is 9.90 Å². The van der Waals surface area contributed by atoms with Crippen LogP contribution in [0.25, 0.3) is 0 Å². The summed E-state index contributed by atoms with van der Waals surface area (Å²) in [6.07, 6.45) is 6.58. The normalized spacial score (nSPS) is 29.3. The minimum atomic E-state index is -0.391. The summed E-state index contributed by atoms with van der Waals surface area (Å²) in [5.74, 6) is 1.11. The molecule has 1 heterocycles. The predicted molar refractivity (Wildman–Crippen MR) is 103 cm³/mol. The molecule has 3 fully saturated rings. The fourth-order valence-electron chi connectivity index (χ4n) is 4.98. The Kier molecular flexibility index (Phi) is 5.27. The Morgan fingerprint density at radius 1 is 1.15 bits per heavy atom. The zero-order valence-corrected chi connectivity index (χ0v) is 16.0. The van der Waals surface area contributed by atoms with Gasteiger partial charge in [0, 0.05) is 11.1 Å². The second kappa shape index (κ2) is 7.49. The molecule has 26 heavy (non-hydrogen) atoms. The first-order valence-electron chi connectivity index (χ1n) is 10.0. The first-order chi connectivity index (χ1) is 12.6. The van der Waals surface area contributed by atoms with E-state index in [9.17, 15) is 9.90 Å². The van der Waals surface area contributed by atoms with E-state index in [0.29, 0.717) is 16.9 Å². The maximum absolute atomic E-state index is 13.4. The Hall–Kier alpha value is -1.10. The van der Waals surface area contributed by atoms with Gasteiger partial charge in [-0.05, 0) is 81.1 Å². The van der Waals surface area contributed by atoms with Gasteiger partial charge in [0.05, 0.1) is 11.5 Å². The summed E-state index contributed by atoms with van der Waals surface area (Å²) in [5.41, 5.74) is 0.696. The lowest BCUT2D eigenvalue weighted by Crippen LogP contribution is -2.58. The zero-order chi connectivity index (χ0) is 18.1. The first kappa shape index (κ1) is 18.3. The van der Waals surface area contributed by atoms with Crippen LogP contribution in [-0.2, 0) is 10.2 Å². The lowest BCUT2D eigenvalue weighted by Gasteiger charge is -2.47. The Labute approximate surface area is 160 Å². The van der Waals surface area contributed by atoms with Gasteiger partial charge in [0.25, 0.3) is 0 Å². The number of amides is 1. The quantitative estimate of drug-likeness (QED) is 0.740. The van der Waals surface area contributed by atoms with E-state index < -0.39 is 5.41 Å². The summed E-state index contributed by atoms with van der Waals surface area (Å²) < 4.78 is 0. The summed E-state index contributed by atoms with van der Waals surface area (Å²) in [7, 11) is 0. The number of hydrogen-bond acceptors (Lipinski definition) is 3. The summed E-state index contributed by atoms with van der Waals surface area (Å²) >= 11 is 6.04. The lowest BCUT2D eigenvalue weighted by molar-refractivity contribution is -0.132. The fraction of sp³-hybridized carbons (Fsp3) is 0.667. The average molecular weight is 377 g/mol. The second-order valence-electron chi connectivity index (χ2n) is 8.41. The molecule has 0 bridgehead atoms. The molecule has 0 spiro atoms. The van der Waals surface area contributed by atoms with Crippen LogP contribution < -0.4 is 10.6 Å². The summed E-state index contributed by atoms with van der Waals surface area (Å²) in [5, 5.41) is 17.4. The zero-order valence-electron chi connectivity index (χ0n) is 15.2. The van der Waals surface area contributed by atoms with Crippen molar-refractivity contribution in [3.63, 3.8) is 0 Å². The van der Waals surface area contributed by atoms with E-state index in [-0.39, 0.29) is 18.1 Å². The van der Waals surface area contributed by atoms with Crippen LogP contribution in [0.5, 0.6) is 0 Å². The van der Waals surface area contributed by atoms with Crippen LogP contribution in [0.15, 0.2) is 24.3 Å². The van der Waals surface area contributed by atoms with Crippen molar-refractivity contribution in [2.45, 2.75) is 62.5 Å². The Bertz CT molecular complexity index is 632. The van der Waals surface area contributed by atoms with Crippen molar-refractivity contribution in [2.75, 3.05) is 13.1 Å². The van der Waals surface area contributed by atoms with Crippen molar-refractivity contribution >= 4 is 17.5 Å². The third kappa shape index (κ3) is 3.39. The SMILES string of the molecule is O=C(N[C@H](C1CCNCC1)C1CC(O)C1)C1(c2ccc(Cl)cc2)CCC1. The molecular formula is C21H29ClN2O2. The number of nitrogens with one attached hydrogen (secondary N) is 2. The van der Waals surface area contributed by atoms with E-state index in [1.165, 1.54) is 0 Å². The fourth-order valence-corrected chi connectivity index (χ4v) is 5.11. The van der Waals surface area contributed by atoms with E-state index in [1.807, 2.05) is 24.3 Å². The number of aliphatic hydroxyl groups excluding tert-OH is 1. The average Bonchev–Trinajstić information content (AvgIpc) is 2.59. The number of aliphatic hydroxyl groups is 1. The molecule has 1 aliphatic heterocycles. The molecule has 1 amide bonds. The van der Waals surface area contributed by atoms with E-state index in [2.05, 4.69) is 10.6 Å². The third-order valence-electron chi connectivity index (χ3n) is 6.89. The second-order valence-corrected chi connectivity index (χ2v) is 8.85. The number of benzene rings is 1. The minimum absolute atomic E-state index is 0.177. The van der Waals surface area contributed by atoms with Gasteiger partial charge in [-0.15, -0.1) is 0 Å². The van der Waals surface area contributed by atoms with E-state index in [0.717, 1.165) is 63.6 Å². The lowest BCUT2D eigenvalue weighted by atomic mass is 9.63. The highest BCUT2D eigenvalue weighted by Crippen LogP contribution is 2.45. The van der Waals surface area contributed by atoms with Gasteiger partial charge in [-0.1, -0.05) is 30.2 Å². The van der Waals surface area contributed by atoms with Gasteiger partial charge in [0.2, 0.25) is 5.91 Å². The van der Waals surface area contributed by atoms with Gasteiger partial charge >= 0.3 is 0 Å². The molecule has 0 radical (unpaired) electrons. The highest BCUT2D eigenvalue weighted by atomic mass is 35.5. The molecule has 2 saturated carbocycles. The van der Waals surface area contributed by atoms with E-state index >= 15 is 0 Å². The molecule has 1 atom stereocenters. The van der Waals surface area contributed by atoms with Crippen molar-refractivity contribution in [3.8, 4) is 0 Å². The van der Waals surface area contributed by atoms with Crippen LogP contribution in [0.3, 0.4) is 0 Å². The molecule has 4 nitrogen and oxygen atoms in total. The molecule has 1 aromatic rings. The maximum Gasteiger partial charge on any atom is 0.230 e. The molecule has 4 rings (SSSR count). The number of rotatable bonds is 5. The number of carbonyl (C=O) groups is 1. The molecule has 3 N–H and O–H groups in total. The molecule has 2 aliphatic carbocycles. The van der Waals surface area contributed by atoms with Crippen molar-refractivity contribution in [1.82, 2.24) is 10.6 Å². The molecule has 0 unspecified atom stereocenters. The number of hydrogen-bond donors (Lipinski definition) is 3. The van der Waals surface area contributed by atoms with Gasteiger partial charge in [-0.2, -0.15) is 0 Å². The van der Waals surface area contributed by atoms with Gasteiger partial charge in [0.1, 0.15) is 0 Å². The third-order valence-corrected chi connectivity index (χ3v) is 7.14. The summed E-state index contributed by atoms with van der Waals surface area (Å²) in [6.45, 7) is 2.04. The predicted octanol–water partition coefficient (Wildman–Crippen LogP) is 3.02. The van der Waals surface area contributed by atoms with Gasteiger partial charge < -0.3 is 15.7 Å². The standard InChI is InChI=1S/C21H29ClN2O2/c22-17-4-2-16(3-5-17)21(8-1-9-21)20(26)24-19(15-12-18(25)13-15)14-6-10-23-11-7-14/h2-5,14-15,18-19,23,25H,1,6-13H2,(H,24,26)/t15?,18?,19-/m1/s1. The highest BCUT2D eigenvalue weighted by molar-refractivity contribution is 6.30. The summed E-state index contributed by atoms with van der Waals surface area (Å²) in [6, 6.07) is 7.98. The molecule has 142 valence electrons. The largest absolute Gasteiger partial charge is 0.393 e. The molecule has 1 saturated heterocycles. The van der Waals surface area contributed by atoms with Gasteiger partial charge in [-0.25, -0.2) is 0 Å². The highest BCUT2D eigenvalue weighted by Gasteiger charge is 2.48. The van der Waals surface area contributed by atoms with Gasteiger partial charge in [0.15, 0.2) is 0 Å². The van der Waals surface area contributed by atoms with Gasteiger partial charge in [-0.3, -0.25) is 4.79 Å². The van der Waals surface area contributed by atoms with Crippen LogP contribution >= 0.6 is 11.6 Å². The molecular weight excluding hydrogens is 348 g/mol. The maximum atomic E-state index is 13.4. The molecule has 3 aliphatic rings. The number of piperidine rings is 1. The van der Waals surface area contributed by atoms with E-state index in [4.69, 9.17) is 11.6 Å². The topological polar surface area (TPSA) is 61.4 Å². The van der Waals surface area contributed by atoms with Crippen LogP contribution in [0.2, 0.25) is 5.02 Å². The van der Waals surface area contributed by atoms with Crippen molar-refractivity contribution in [1.29, 1.82) is 0 Å². The van der Waals surface area contributed by atoms with Crippen LogP contribution in [0, 0.1) is 11.8 Å². The number of carbonyl (C=O) groups excluding carboxylic acids is 1. The van der Waals surface area contributed by atoms with Crippen molar-refractivity contribution in [3.05, 3.63) is 34.9 Å². The smallest absolute Gasteiger partial charge is 0.230 e. The summed E-state index contributed by atoms with van der Waals surface area (Å²) in [4.78, 5) is 13.4.